The summed E-state index contributed by atoms with van der Waals surface area (Å²) < 4.78 is 43.8. The van der Waals surface area contributed by atoms with Crippen LogP contribution in [0.3, 0.4) is 0 Å². The predicted octanol–water partition coefficient (Wildman–Crippen LogP) is 2.70. The van der Waals surface area contributed by atoms with E-state index >= 15 is 0 Å². The maximum atomic E-state index is 13.2. The predicted molar refractivity (Wildman–Crippen MR) is 104 cm³/mol. The standard InChI is InChI=1S/C19H24FN3O4S/c1-19(2,3)16-10-17(23(22-16)14-7-8-28(25,26)12-14)21-18(24)11-27-15-6-4-5-13(20)9-15/h4-6,9-10,14H,7-8,11-12H2,1-3H3,(H,21,24)/t14-/m0/s1. The molecule has 1 saturated heterocycles. The van der Waals surface area contributed by atoms with E-state index in [2.05, 4.69) is 10.4 Å². The molecule has 2 aromatic rings. The first-order valence-electron chi connectivity index (χ1n) is 9.02. The molecule has 1 aliphatic rings. The van der Waals surface area contributed by atoms with Gasteiger partial charge < -0.3 is 10.1 Å². The van der Waals surface area contributed by atoms with Gasteiger partial charge in [-0.2, -0.15) is 5.10 Å². The van der Waals surface area contributed by atoms with Crippen molar-refractivity contribution >= 4 is 21.6 Å². The van der Waals surface area contributed by atoms with Crippen molar-refractivity contribution in [2.24, 2.45) is 0 Å². The second kappa shape index (κ2) is 7.54. The summed E-state index contributed by atoms with van der Waals surface area (Å²) in [5, 5.41) is 7.30. The summed E-state index contributed by atoms with van der Waals surface area (Å²) in [4.78, 5) is 12.3. The average molecular weight is 409 g/mol. The van der Waals surface area contributed by atoms with Crippen LogP contribution in [-0.4, -0.2) is 42.2 Å². The van der Waals surface area contributed by atoms with Crippen molar-refractivity contribution in [1.29, 1.82) is 0 Å². The van der Waals surface area contributed by atoms with Gasteiger partial charge >= 0.3 is 0 Å². The number of ether oxygens (including phenoxy) is 1. The van der Waals surface area contributed by atoms with Crippen molar-refractivity contribution in [3.8, 4) is 5.75 Å². The molecular weight excluding hydrogens is 385 g/mol. The maximum Gasteiger partial charge on any atom is 0.263 e. The van der Waals surface area contributed by atoms with Crippen LogP contribution in [0.4, 0.5) is 10.2 Å². The molecule has 9 heteroatoms. The van der Waals surface area contributed by atoms with Crippen LogP contribution in [0.2, 0.25) is 0 Å². The number of benzene rings is 1. The third-order valence-electron chi connectivity index (χ3n) is 4.49. The SMILES string of the molecule is CC(C)(C)c1cc(NC(=O)COc2cccc(F)c2)n([C@H]2CCS(=O)(=O)C2)n1. The van der Waals surface area contributed by atoms with Crippen molar-refractivity contribution in [3.05, 3.63) is 41.8 Å². The summed E-state index contributed by atoms with van der Waals surface area (Å²) >= 11 is 0. The molecule has 1 atom stereocenters. The first kappa shape index (κ1) is 20.3. The molecule has 0 saturated carbocycles. The van der Waals surface area contributed by atoms with E-state index in [0.717, 1.165) is 5.69 Å². The van der Waals surface area contributed by atoms with Crippen molar-refractivity contribution in [2.45, 2.75) is 38.6 Å². The summed E-state index contributed by atoms with van der Waals surface area (Å²) in [6.07, 6.45) is 0.455. The van der Waals surface area contributed by atoms with Crippen molar-refractivity contribution in [3.63, 3.8) is 0 Å². The smallest absolute Gasteiger partial charge is 0.263 e. The van der Waals surface area contributed by atoms with Gasteiger partial charge in [0.05, 0.1) is 23.2 Å². The highest BCUT2D eigenvalue weighted by Gasteiger charge is 2.32. The van der Waals surface area contributed by atoms with Gasteiger partial charge in [-0.3, -0.25) is 4.79 Å². The fraction of sp³-hybridized carbons (Fsp3) is 0.474. The molecule has 0 radical (unpaired) electrons. The molecule has 3 rings (SSSR count). The fourth-order valence-electron chi connectivity index (χ4n) is 2.99. The molecule has 0 aliphatic carbocycles. The summed E-state index contributed by atoms with van der Waals surface area (Å²) in [5.41, 5.74) is 0.485. The Balaban J connectivity index is 1.76. The number of amides is 1. The van der Waals surface area contributed by atoms with Gasteiger partial charge in [0.2, 0.25) is 0 Å². The van der Waals surface area contributed by atoms with Crippen LogP contribution in [-0.2, 0) is 20.0 Å². The van der Waals surface area contributed by atoms with Crippen LogP contribution in [0.5, 0.6) is 5.75 Å². The Bertz CT molecular complexity index is 979. The van der Waals surface area contributed by atoms with E-state index in [1.165, 1.54) is 18.2 Å². The average Bonchev–Trinajstić information content (AvgIpc) is 3.16. The zero-order chi connectivity index (χ0) is 20.5. The van der Waals surface area contributed by atoms with Crippen LogP contribution in [0.15, 0.2) is 30.3 Å². The lowest BCUT2D eigenvalue weighted by Gasteiger charge is -2.15. The molecule has 0 bridgehead atoms. The molecular formula is C19H24FN3O4S. The Morgan fingerprint density at radius 2 is 2.11 bits per heavy atom. The van der Waals surface area contributed by atoms with Crippen LogP contribution in [0, 0.1) is 5.82 Å². The fourth-order valence-corrected chi connectivity index (χ4v) is 4.68. The molecule has 1 N–H and O–H groups in total. The Morgan fingerprint density at radius 3 is 2.71 bits per heavy atom. The van der Waals surface area contributed by atoms with Gasteiger partial charge in [-0.15, -0.1) is 0 Å². The lowest BCUT2D eigenvalue weighted by atomic mass is 9.92. The minimum Gasteiger partial charge on any atom is -0.484 e. The number of hydrogen-bond acceptors (Lipinski definition) is 5. The third kappa shape index (κ3) is 4.89. The lowest BCUT2D eigenvalue weighted by molar-refractivity contribution is -0.118. The molecule has 1 aliphatic heterocycles. The van der Waals surface area contributed by atoms with Gasteiger partial charge in [0.15, 0.2) is 16.4 Å². The molecule has 0 unspecified atom stereocenters. The zero-order valence-corrected chi connectivity index (χ0v) is 16.9. The van der Waals surface area contributed by atoms with E-state index in [4.69, 9.17) is 4.74 Å². The molecule has 1 aromatic heterocycles. The number of hydrogen-bond donors (Lipinski definition) is 1. The van der Waals surface area contributed by atoms with E-state index in [-0.39, 0.29) is 35.3 Å². The largest absolute Gasteiger partial charge is 0.484 e. The topological polar surface area (TPSA) is 90.3 Å². The van der Waals surface area contributed by atoms with Gasteiger partial charge in [-0.05, 0) is 18.6 Å². The van der Waals surface area contributed by atoms with Crippen molar-refractivity contribution in [2.75, 3.05) is 23.4 Å². The Kier molecular flexibility index (Phi) is 5.47. The minimum absolute atomic E-state index is 0.000918. The van der Waals surface area contributed by atoms with E-state index in [1.54, 1.807) is 16.8 Å². The highest BCUT2D eigenvalue weighted by Crippen LogP contribution is 2.30. The van der Waals surface area contributed by atoms with Gasteiger partial charge in [0.25, 0.3) is 5.91 Å². The summed E-state index contributed by atoms with van der Waals surface area (Å²) in [7, 11) is -3.10. The number of nitrogens with zero attached hydrogens (tertiary/aromatic N) is 2. The maximum absolute atomic E-state index is 13.2. The molecule has 28 heavy (non-hydrogen) atoms. The molecule has 2 heterocycles. The van der Waals surface area contributed by atoms with Gasteiger partial charge in [0, 0.05) is 17.5 Å². The lowest BCUT2D eigenvalue weighted by Crippen LogP contribution is -2.24. The molecule has 1 aromatic carbocycles. The van der Waals surface area contributed by atoms with E-state index in [0.29, 0.717) is 12.2 Å². The van der Waals surface area contributed by atoms with Gasteiger partial charge in [-0.25, -0.2) is 17.5 Å². The van der Waals surface area contributed by atoms with E-state index in [9.17, 15) is 17.6 Å². The summed E-state index contributed by atoms with van der Waals surface area (Å²) in [5.74, 6) is -0.0971. The molecule has 0 spiro atoms. The normalized spacial score (nSPS) is 18.8. The van der Waals surface area contributed by atoms with Crippen molar-refractivity contribution in [1.82, 2.24) is 9.78 Å². The molecule has 1 amide bonds. The van der Waals surface area contributed by atoms with Crippen LogP contribution in [0.25, 0.3) is 0 Å². The third-order valence-corrected chi connectivity index (χ3v) is 6.24. The number of rotatable bonds is 5. The van der Waals surface area contributed by atoms with Crippen LogP contribution < -0.4 is 10.1 Å². The van der Waals surface area contributed by atoms with Crippen LogP contribution >= 0.6 is 0 Å². The first-order chi connectivity index (χ1) is 13.0. The quantitative estimate of drug-likeness (QED) is 0.820. The first-order valence-corrected chi connectivity index (χ1v) is 10.8. The summed E-state index contributed by atoms with van der Waals surface area (Å²) in [6.45, 7) is 5.67. The van der Waals surface area contributed by atoms with E-state index in [1.807, 2.05) is 20.8 Å². The number of sulfone groups is 1. The summed E-state index contributed by atoms with van der Waals surface area (Å²) in [6, 6.07) is 6.97. The number of aromatic nitrogens is 2. The monoisotopic (exact) mass is 409 g/mol. The Morgan fingerprint density at radius 1 is 1.36 bits per heavy atom. The molecule has 152 valence electrons. The zero-order valence-electron chi connectivity index (χ0n) is 16.1. The second-order valence-corrected chi connectivity index (χ2v) is 10.2. The second-order valence-electron chi connectivity index (χ2n) is 7.96. The number of carbonyl (C=O) groups excluding carboxylic acids is 1. The number of anilines is 1. The van der Waals surface area contributed by atoms with Crippen LogP contribution in [0.1, 0.15) is 38.9 Å². The number of carbonyl (C=O) groups is 1. The van der Waals surface area contributed by atoms with E-state index < -0.39 is 21.6 Å². The highest BCUT2D eigenvalue weighted by molar-refractivity contribution is 7.91. The minimum atomic E-state index is -3.10. The Labute approximate surface area is 163 Å². The van der Waals surface area contributed by atoms with Gasteiger partial charge in [-0.1, -0.05) is 26.8 Å². The molecule has 1 fully saturated rings. The Hall–Kier alpha value is -2.42. The number of halogens is 1. The van der Waals surface area contributed by atoms with Crippen molar-refractivity contribution < 1.29 is 22.3 Å². The molecule has 7 nitrogen and oxygen atoms in total. The highest BCUT2D eigenvalue weighted by atomic mass is 32.2. The number of nitrogens with one attached hydrogen (secondary N) is 1. The van der Waals surface area contributed by atoms with Gasteiger partial charge in [0.1, 0.15) is 17.4 Å².